The molecule has 0 radical (unpaired) electrons. The Kier molecular flexibility index (Phi) is 3.41. The number of pyridine rings is 1. The van der Waals surface area contributed by atoms with Crippen molar-refractivity contribution in [1.29, 1.82) is 0 Å². The lowest BCUT2D eigenvalue weighted by atomic mass is 10.2. The van der Waals surface area contributed by atoms with E-state index < -0.39 is 10.8 Å². The van der Waals surface area contributed by atoms with Crippen LogP contribution in [0.2, 0.25) is 0 Å². The molecule has 1 atom stereocenters. The molecule has 2 aromatic rings. The zero-order valence-electron chi connectivity index (χ0n) is 8.47. The smallest absolute Gasteiger partial charge is 0.127 e. The first-order chi connectivity index (χ1) is 7.75. The van der Waals surface area contributed by atoms with E-state index in [-0.39, 0.29) is 5.82 Å². The predicted molar refractivity (Wildman–Crippen MR) is 60.7 cm³/mol. The molecule has 82 valence electrons. The van der Waals surface area contributed by atoms with Crippen molar-refractivity contribution in [2.75, 3.05) is 0 Å². The topological polar surface area (TPSA) is 30.0 Å². The van der Waals surface area contributed by atoms with Crippen LogP contribution in [0, 0.1) is 5.82 Å². The summed E-state index contributed by atoms with van der Waals surface area (Å²) in [7, 11) is -1.17. The highest BCUT2D eigenvalue weighted by Gasteiger charge is 2.05. The molecule has 0 spiro atoms. The minimum absolute atomic E-state index is 0.285. The number of hydrogen-bond donors (Lipinski definition) is 0. The molecular formula is C12H10FNOS. The Morgan fingerprint density at radius 1 is 1.12 bits per heavy atom. The van der Waals surface area contributed by atoms with E-state index in [4.69, 9.17) is 0 Å². The Morgan fingerprint density at radius 2 is 1.88 bits per heavy atom. The van der Waals surface area contributed by atoms with Crippen molar-refractivity contribution in [3.8, 4) is 0 Å². The minimum atomic E-state index is -1.17. The van der Waals surface area contributed by atoms with E-state index in [1.807, 2.05) is 0 Å². The molecule has 1 unspecified atom stereocenters. The average molecular weight is 235 g/mol. The third-order valence-electron chi connectivity index (χ3n) is 2.08. The molecule has 2 nitrogen and oxygen atoms in total. The largest absolute Gasteiger partial charge is 0.252 e. The Hall–Kier alpha value is -1.55. The van der Waals surface area contributed by atoms with E-state index in [1.54, 1.807) is 36.5 Å². The molecule has 1 aromatic carbocycles. The van der Waals surface area contributed by atoms with E-state index >= 15 is 0 Å². The molecule has 0 N–H and O–H groups in total. The van der Waals surface area contributed by atoms with Crippen molar-refractivity contribution in [3.05, 3.63) is 60.0 Å². The maximum absolute atomic E-state index is 12.7. The first-order valence-electron chi connectivity index (χ1n) is 4.79. The molecule has 0 amide bonds. The van der Waals surface area contributed by atoms with Crippen molar-refractivity contribution < 1.29 is 8.60 Å². The molecule has 1 aromatic heterocycles. The number of aromatic nitrogens is 1. The molecule has 0 fully saturated rings. The molecule has 0 saturated heterocycles. The van der Waals surface area contributed by atoms with Gasteiger partial charge in [-0.1, -0.05) is 18.2 Å². The van der Waals surface area contributed by atoms with Gasteiger partial charge in [-0.15, -0.1) is 0 Å². The van der Waals surface area contributed by atoms with Gasteiger partial charge in [0.05, 0.1) is 16.6 Å². The van der Waals surface area contributed by atoms with Crippen LogP contribution in [-0.2, 0) is 16.6 Å². The van der Waals surface area contributed by atoms with Gasteiger partial charge in [-0.05, 0) is 29.8 Å². The molecule has 16 heavy (non-hydrogen) atoms. The Morgan fingerprint density at radius 3 is 2.50 bits per heavy atom. The third kappa shape index (κ3) is 2.73. The summed E-state index contributed by atoms with van der Waals surface area (Å²) in [6.45, 7) is 0. The van der Waals surface area contributed by atoms with Gasteiger partial charge in [0.1, 0.15) is 10.8 Å². The normalized spacial score (nSPS) is 12.3. The van der Waals surface area contributed by atoms with Crippen LogP contribution in [0.25, 0.3) is 0 Å². The molecule has 0 aliphatic rings. The first kappa shape index (κ1) is 11.0. The van der Waals surface area contributed by atoms with E-state index in [2.05, 4.69) is 4.98 Å². The molecule has 4 heteroatoms. The van der Waals surface area contributed by atoms with E-state index in [0.717, 1.165) is 5.56 Å². The SMILES string of the molecule is O=S(Cc1ccc(F)cc1)c1ccccn1. The monoisotopic (exact) mass is 235 g/mol. The molecule has 0 aliphatic heterocycles. The maximum atomic E-state index is 12.7. The molecule has 0 aliphatic carbocycles. The summed E-state index contributed by atoms with van der Waals surface area (Å²) in [6.07, 6.45) is 1.61. The molecule has 0 saturated carbocycles. The predicted octanol–water partition coefficient (Wildman–Crippen LogP) is 2.53. The Balaban J connectivity index is 2.11. The summed E-state index contributed by atoms with van der Waals surface area (Å²) >= 11 is 0. The van der Waals surface area contributed by atoms with Crippen LogP contribution < -0.4 is 0 Å². The highest BCUT2D eigenvalue weighted by molar-refractivity contribution is 7.84. The van der Waals surface area contributed by atoms with Crippen LogP contribution in [0.3, 0.4) is 0 Å². The lowest BCUT2D eigenvalue weighted by molar-refractivity contribution is 0.627. The van der Waals surface area contributed by atoms with Crippen LogP contribution in [0.5, 0.6) is 0 Å². The number of benzene rings is 1. The second-order valence-corrected chi connectivity index (χ2v) is 4.68. The number of hydrogen-bond acceptors (Lipinski definition) is 2. The fourth-order valence-electron chi connectivity index (χ4n) is 1.29. The zero-order valence-corrected chi connectivity index (χ0v) is 9.28. The van der Waals surface area contributed by atoms with Crippen molar-refractivity contribution in [1.82, 2.24) is 4.98 Å². The molecule has 1 heterocycles. The van der Waals surface area contributed by atoms with Crippen molar-refractivity contribution >= 4 is 10.8 Å². The van der Waals surface area contributed by atoms with Gasteiger partial charge in [-0.25, -0.2) is 9.37 Å². The molecule has 0 bridgehead atoms. The number of rotatable bonds is 3. The fourth-order valence-corrected chi connectivity index (χ4v) is 2.34. The van der Waals surface area contributed by atoms with Crippen molar-refractivity contribution in [2.24, 2.45) is 0 Å². The van der Waals surface area contributed by atoms with Crippen LogP contribution in [0.4, 0.5) is 4.39 Å². The van der Waals surface area contributed by atoms with Gasteiger partial charge in [-0.2, -0.15) is 0 Å². The lowest BCUT2D eigenvalue weighted by Crippen LogP contribution is -1.98. The van der Waals surface area contributed by atoms with Crippen LogP contribution in [-0.4, -0.2) is 9.19 Å². The zero-order chi connectivity index (χ0) is 11.4. The summed E-state index contributed by atoms with van der Waals surface area (Å²) in [5, 5.41) is 0.548. The second kappa shape index (κ2) is 4.99. The van der Waals surface area contributed by atoms with Gasteiger partial charge in [0.2, 0.25) is 0 Å². The summed E-state index contributed by atoms with van der Waals surface area (Å²) < 4.78 is 24.5. The van der Waals surface area contributed by atoms with Crippen molar-refractivity contribution in [2.45, 2.75) is 10.8 Å². The standard InChI is InChI=1S/C12H10FNOS/c13-11-6-4-10(5-7-11)9-16(15)12-3-1-2-8-14-12/h1-8H,9H2. The van der Waals surface area contributed by atoms with Gasteiger partial charge < -0.3 is 0 Å². The lowest BCUT2D eigenvalue weighted by Gasteiger charge is -2.01. The maximum Gasteiger partial charge on any atom is 0.127 e. The molecular weight excluding hydrogens is 225 g/mol. The highest BCUT2D eigenvalue weighted by Crippen LogP contribution is 2.10. The number of halogens is 1. The van der Waals surface area contributed by atoms with Gasteiger partial charge in [-0.3, -0.25) is 4.21 Å². The van der Waals surface area contributed by atoms with Crippen LogP contribution in [0.15, 0.2) is 53.7 Å². The minimum Gasteiger partial charge on any atom is -0.252 e. The van der Waals surface area contributed by atoms with Gasteiger partial charge in [0.25, 0.3) is 0 Å². The van der Waals surface area contributed by atoms with Crippen molar-refractivity contribution in [3.63, 3.8) is 0 Å². The summed E-state index contributed by atoms with van der Waals surface area (Å²) in [5.74, 6) is 0.0736. The first-order valence-corrected chi connectivity index (χ1v) is 6.11. The second-order valence-electron chi connectivity index (χ2n) is 3.28. The summed E-state index contributed by atoms with van der Waals surface area (Å²) in [4.78, 5) is 4.02. The van der Waals surface area contributed by atoms with E-state index in [9.17, 15) is 8.60 Å². The Labute approximate surface area is 95.6 Å². The third-order valence-corrected chi connectivity index (χ3v) is 3.39. The summed E-state index contributed by atoms with van der Waals surface area (Å²) in [5.41, 5.74) is 0.838. The van der Waals surface area contributed by atoms with Gasteiger partial charge >= 0.3 is 0 Å². The van der Waals surface area contributed by atoms with Gasteiger partial charge in [0.15, 0.2) is 0 Å². The average Bonchev–Trinajstić information content (AvgIpc) is 2.33. The fraction of sp³-hybridized carbons (Fsp3) is 0.0833. The van der Waals surface area contributed by atoms with Crippen LogP contribution in [0.1, 0.15) is 5.56 Å². The highest BCUT2D eigenvalue weighted by atomic mass is 32.2. The van der Waals surface area contributed by atoms with Gasteiger partial charge in [0, 0.05) is 6.20 Å². The van der Waals surface area contributed by atoms with Crippen LogP contribution >= 0.6 is 0 Å². The molecule has 2 rings (SSSR count). The summed E-state index contributed by atoms with van der Waals surface area (Å²) in [6, 6.07) is 11.3. The quantitative estimate of drug-likeness (QED) is 0.818. The van der Waals surface area contributed by atoms with E-state index in [0.29, 0.717) is 10.8 Å². The number of nitrogens with zero attached hydrogens (tertiary/aromatic N) is 1. The van der Waals surface area contributed by atoms with E-state index in [1.165, 1.54) is 12.1 Å². The Bertz CT molecular complexity index is 484.